The molecule has 0 atom stereocenters. The fourth-order valence-electron chi connectivity index (χ4n) is 1.32. The highest BCUT2D eigenvalue weighted by Crippen LogP contribution is 2.32. The maximum absolute atomic E-state index is 10.8. The maximum Gasteiger partial charge on any atom is 0.310 e. The van der Waals surface area contributed by atoms with Crippen LogP contribution in [0.15, 0.2) is 23.1 Å². The Balaban J connectivity index is 2.78. The summed E-state index contributed by atoms with van der Waals surface area (Å²) in [7, 11) is 0. The molecule has 0 aliphatic heterocycles. The second-order valence-corrected chi connectivity index (χ2v) is 4.90. The van der Waals surface area contributed by atoms with Crippen LogP contribution in [0, 0.1) is 10.1 Å². The molecule has 0 fully saturated rings. The number of carboxylic acid groups (broad SMARTS) is 1. The largest absolute Gasteiger partial charge is 0.487 e. The smallest absolute Gasteiger partial charge is 0.310 e. The van der Waals surface area contributed by atoms with Gasteiger partial charge in [-0.2, -0.15) is 0 Å². The van der Waals surface area contributed by atoms with Crippen LogP contribution in [0.25, 0.3) is 0 Å². The van der Waals surface area contributed by atoms with E-state index in [1.807, 2.05) is 6.92 Å². The number of benzene rings is 1. The predicted molar refractivity (Wildman–Crippen MR) is 71.9 cm³/mol. The van der Waals surface area contributed by atoms with Crippen LogP contribution < -0.4 is 4.74 Å². The molecule has 1 N–H and O–H groups in total. The van der Waals surface area contributed by atoms with E-state index in [0.717, 1.165) is 11.3 Å². The number of hydrogen-bond acceptors (Lipinski definition) is 5. The van der Waals surface area contributed by atoms with Crippen molar-refractivity contribution < 1.29 is 19.6 Å². The molecule has 0 amide bonds. The minimum absolute atomic E-state index is 0.0484. The first-order valence-electron chi connectivity index (χ1n) is 5.80. The van der Waals surface area contributed by atoms with Crippen molar-refractivity contribution in [2.75, 3.05) is 12.4 Å². The Kier molecular flexibility index (Phi) is 6.14. The Hall–Kier alpha value is -1.76. The number of thioether (sulfide) groups is 1. The fraction of sp³-hybridized carbons (Fsp3) is 0.417. The number of rotatable bonds is 8. The summed E-state index contributed by atoms with van der Waals surface area (Å²) in [5, 5.41) is 19.4. The number of nitro groups is 1. The van der Waals surface area contributed by atoms with Crippen LogP contribution in [0.2, 0.25) is 0 Å². The number of aliphatic carboxylic acids is 1. The van der Waals surface area contributed by atoms with E-state index in [-0.39, 0.29) is 17.9 Å². The van der Waals surface area contributed by atoms with Crippen molar-refractivity contribution in [2.45, 2.75) is 24.7 Å². The summed E-state index contributed by atoms with van der Waals surface area (Å²) < 4.78 is 5.34. The van der Waals surface area contributed by atoms with Crippen LogP contribution in [-0.2, 0) is 4.79 Å². The summed E-state index contributed by atoms with van der Waals surface area (Å²) in [6.45, 7) is 2.32. The zero-order valence-corrected chi connectivity index (χ0v) is 11.3. The number of carboxylic acids is 1. The lowest BCUT2D eigenvalue weighted by Crippen LogP contribution is -2.00. The summed E-state index contributed by atoms with van der Waals surface area (Å²) in [6.07, 6.45) is 0.806. The van der Waals surface area contributed by atoms with Gasteiger partial charge in [-0.1, -0.05) is 6.92 Å². The topological polar surface area (TPSA) is 89.7 Å². The Morgan fingerprint density at radius 1 is 1.53 bits per heavy atom. The van der Waals surface area contributed by atoms with Crippen molar-refractivity contribution in [1.82, 2.24) is 0 Å². The van der Waals surface area contributed by atoms with Gasteiger partial charge in [-0.25, -0.2) is 0 Å². The first-order chi connectivity index (χ1) is 9.04. The van der Waals surface area contributed by atoms with E-state index in [1.165, 1.54) is 17.8 Å². The van der Waals surface area contributed by atoms with Crippen LogP contribution >= 0.6 is 11.8 Å². The molecule has 0 saturated carbocycles. The van der Waals surface area contributed by atoms with Gasteiger partial charge in [0.1, 0.15) is 0 Å². The van der Waals surface area contributed by atoms with E-state index in [0.29, 0.717) is 12.4 Å². The zero-order chi connectivity index (χ0) is 14.3. The molecule has 1 aromatic rings. The van der Waals surface area contributed by atoms with Gasteiger partial charge in [0.15, 0.2) is 5.75 Å². The predicted octanol–water partition coefficient (Wildman–Crippen LogP) is 2.95. The molecule has 6 nitrogen and oxygen atoms in total. The van der Waals surface area contributed by atoms with Crippen molar-refractivity contribution in [2.24, 2.45) is 0 Å². The Labute approximate surface area is 114 Å². The molecule has 0 heterocycles. The minimum Gasteiger partial charge on any atom is -0.487 e. The van der Waals surface area contributed by atoms with Gasteiger partial charge in [-0.3, -0.25) is 14.9 Å². The average Bonchev–Trinajstić information content (AvgIpc) is 2.35. The monoisotopic (exact) mass is 285 g/mol. The van der Waals surface area contributed by atoms with Crippen LogP contribution in [-0.4, -0.2) is 28.4 Å². The van der Waals surface area contributed by atoms with E-state index >= 15 is 0 Å². The molecule has 7 heteroatoms. The third kappa shape index (κ3) is 5.17. The summed E-state index contributed by atoms with van der Waals surface area (Å²) in [4.78, 5) is 21.5. The molecule has 19 heavy (non-hydrogen) atoms. The molecule has 1 aromatic carbocycles. The molecule has 0 spiro atoms. The van der Waals surface area contributed by atoms with E-state index < -0.39 is 10.9 Å². The molecule has 104 valence electrons. The fourth-order valence-corrected chi connectivity index (χ4v) is 2.19. The van der Waals surface area contributed by atoms with E-state index in [9.17, 15) is 14.9 Å². The van der Waals surface area contributed by atoms with E-state index in [4.69, 9.17) is 9.84 Å². The van der Waals surface area contributed by atoms with Gasteiger partial charge in [-0.05, 0) is 12.5 Å². The quantitative estimate of drug-likeness (QED) is 0.448. The Bertz CT molecular complexity index is 463. The second-order valence-electron chi connectivity index (χ2n) is 3.73. The Morgan fingerprint density at radius 2 is 2.26 bits per heavy atom. The van der Waals surface area contributed by atoms with Gasteiger partial charge in [0.25, 0.3) is 0 Å². The number of nitro benzene ring substituents is 1. The van der Waals surface area contributed by atoms with Crippen molar-refractivity contribution in [3.05, 3.63) is 28.3 Å². The number of nitrogens with zero attached hydrogens (tertiary/aromatic N) is 1. The highest BCUT2D eigenvalue weighted by molar-refractivity contribution is 7.99. The summed E-state index contributed by atoms with van der Waals surface area (Å²) in [6, 6.07) is 4.57. The van der Waals surface area contributed by atoms with Crippen molar-refractivity contribution in [3.63, 3.8) is 0 Å². The third-order valence-electron chi connectivity index (χ3n) is 2.17. The van der Waals surface area contributed by atoms with Crippen LogP contribution in [0.5, 0.6) is 5.75 Å². The maximum atomic E-state index is 10.8. The summed E-state index contributed by atoms with van der Waals surface area (Å²) >= 11 is 1.33. The number of ether oxygens (including phenoxy) is 1. The molecular formula is C12H15NO5S. The molecule has 0 aromatic heterocycles. The molecule has 0 aliphatic rings. The van der Waals surface area contributed by atoms with Gasteiger partial charge in [0.05, 0.1) is 18.0 Å². The molecule has 0 aliphatic carbocycles. The lowest BCUT2D eigenvalue weighted by atomic mass is 10.3. The van der Waals surface area contributed by atoms with Crippen molar-refractivity contribution in [1.29, 1.82) is 0 Å². The van der Waals surface area contributed by atoms with Gasteiger partial charge >= 0.3 is 11.7 Å². The summed E-state index contributed by atoms with van der Waals surface area (Å²) in [5.74, 6) is -0.218. The van der Waals surface area contributed by atoms with Crippen LogP contribution in [0.1, 0.15) is 19.8 Å². The molecular weight excluding hydrogens is 270 g/mol. The molecule has 0 radical (unpaired) electrons. The van der Waals surface area contributed by atoms with Gasteiger partial charge in [-0.15, -0.1) is 11.8 Å². The van der Waals surface area contributed by atoms with Gasteiger partial charge in [0.2, 0.25) is 0 Å². The molecule has 1 rings (SSSR count). The highest BCUT2D eigenvalue weighted by atomic mass is 32.2. The van der Waals surface area contributed by atoms with Crippen molar-refractivity contribution in [3.8, 4) is 5.75 Å². The molecule has 0 saturated heterocycles. The standard InChI is InChI=1S/C12H15NO5S/c1-2-6-18-11-8-9(19-7-5-12(14)15)3-4-10(11)13(16)17/h3-4,8H,2,5-7H2,1H3,(H,14,15). The lowest BCUT2D eigenvalue weighted by Gasteiger charge is -2.07. The lowest BCUT2D eigenvalue weighted by molar-refractivity contribution is -0.385. The van der Waals surface area contributed by atoms with Crippen LogP contribution in [0.3, 0.4) is 0 Å². The van der Waals surface area contributed by atoms with Gasteiger partial charge < -0.3 is 9.84 Å². The average molecular weight is 285 g/mol. The first kappa shape index (κ1) is 15.3. The van der Waals surface area contributed by atoms with Crippen LogP contribution in [0.4, 0.5) is 5.69 Å². The number of hydrogen-bond donors (Lipinski definition) is 1. The zero-order valence-electron chi connectivity index (χ0n) is 10.5. The van der Waals surface area contributed by atoms with E-state index in [1.54, 1.807) is 12.1 Å². The van der Waals surface area contributed by atoms with Crippen molar-refractivity contribution >= 4 is 23.4 Å². The van der Waals surface area contributed by atoms with Gasteiger partial charge in [0, 0.05) is 22.8 Å². The number of carbonyl (C=O) groups is 1. The SMILES string of the molecule is CCCOc1cc(SCCC(=O)O)ccc1[N+](=O)[O-]. The second kappa shape index (κ2) is 7.63. The summed E-state index contributed by atoms with van der Waals surface area (Å²) in [5.41, 5.74) is -0.0731. The minimum atomic E-state index is -0.864. The first-order valence-corrected chi connectivity index (χ1v) is 6.79. The van der Waals surface area contributed by atoms with E-state index in [2.05, 4.69) is 0 Å². The Morgan fingerprint density at radius 3 is 2.84 bits per heavy atom. The third-order valence-corrected chi connectivity index (χ3v) is 3.17. The molecule has 0 unspecified atom stereocenters. The highest BCUT2D eigenvalue weighted by Gasteiger charge is 2.15. The normalized spacial score (nSPS) is 10.2. The molecule has 0 bridgehead atoms.